The summed E-state index contributed by atoms with van der Waals surface area (Å²) >= 11 is 1.16. The fourth-order valence-corrected chi connectivity index (χ4v) is 5.88. The maximum Gasteiger partial charge on any atom is 0.338 e. The largest absolute Gasteiger partial charge is 0.493 e. The van der Waals surface area contributed by atoms with Crippen LogP contribution in [0.25, 0.3) is 6.08 Å². The van der Waals surface area contributed by atoms with Gasteiger partial charge in [0.2, 0.25) is 0 Å². The summed E-state index contributed by atoms with van der Waals surface area (Å²) in [4.78, 5) is 45.4. The van der Waals surface area contributed by atoms with Crippen molar-refractivity contribution in [1.82, 2.24) is 4.57 Å². The highest BCUT2D eigenvalue weighted by Gasteiger charge is 2.36. The molecule has 0 spiro atoms. The van der Waals surface area contributed by atoms with E-state index in [-0.39, 0.29) is 23.6 Å². The van der Waals surface area contributed by atoms with Crippen LogP contribution in [-0.2, 0) is 14.3 Å². The van der Waals surface area contributed by atoms with Crippen LogP contribution in [0.4, 0.5) is 5.69 Å². The maximum absolute atomic E-state index is 13.9. The van der Waals surface area contributed by atoms with Crippen molar-refractivity contribution < 1.29 is 23.8 Å². The number of thiazole rings is 1. The molecule has 206 valence electrons. The van der Waals surface area contributed by atoms with E-state index < -0.39 is 17.9 Å². The smallest absolute Gasteiger partial charge is 0.338 e. The maximum atomic E-state index is 13.9. The van der Waals surface area contributed by atoms with Crippen molar-refractivity contribution in [3.63, 3.8) is 0 Å². The highest BCUT2D eigenvalue weighted by atomic mass is 32.1. The lowest BCUT2D eigenvalue weighted by atomic mass is 9.95. The number of anilines is 1. The molecule has 2 aliphatic heterocycles. The summed E-state index contributed by atoms with van der Waals surface area (Å²) < 4.78 is 18.0. The van der Waals surface area contributed by atoms with Crippen LogP contribution in [0, 0.1) is 5.92 Å². The van der Waals surface area contributed by atoms with E-state index in [0.717, 1.165) is 11.3 Å². The normalized spacial score (nSPS) is 18.8. The Kier molecular flexibility index (Phi) is 7.40. The third kappa shape index (κ3) is 4.62. The lowest BCUT2D eigenvalue weighted by Gasteiger charge is -2.25. The average molecular weight is 561 g/mol. The van der Waals surface area contributed by atoms with Crippen molar-refractivity contribution in [2.24, 2.45) is 16.0 Å². The third-order valence-corrected chi connectivity index (χ3v) is 7.74. The van der Waals surface area contributed by atoms with Gasteiger partial charge in [0.25, 0.3) is 11.5 Å². The first-order valence-electron chi connectivity index (χ1n) is 12.6. The molecule has 0 saturated heterocycles. The van der Waals surface area contributed by atoms with Crippen LogP contribution in [0.5, 0.6) is 11.5 Å². The van der Waals surface area contributed by atoms with Gasteiger partial charge in [0.05, 0.1) is 54.1 Å². The number of esters is 1. The minimum Gasteiger partial charge on any atom is -0.493 e. The first kappa shape index (κ1) is 27.1. The van der Waals surface area contributed by atoms with E-state index in [1.807, 2.05) is 18.2 Å². The van der Waals surface area contributed by atoms with Gasteiger partial charge in [-0.05, 0) is 56.7 Å². The molecule has 0 radical (unpaired) electrons. The Morgan fingerprint density at radius 2 is 1.77 bits per heavy atom. The molecule has 0 aliphatic carbocycles. The predicted octanol–water partition coefficient (Wildman–Crippen LogP) is 2.81. The Morgan fingerprint density at radius 3 is 2.45 bits per heavy atom. The summed E-state index contributed by atoms with van der Waals surface area (Å²) in [5.41, 5.74) is 2.14. The van der Waals surface area contributed by atoms with Crippen molar-refractivity contribution in [2.75, 3.05) is 25.8 Å². The van der Waals surface area contributed by atoms with Crippen molar-refractivity contribution in [3.8, 4) is 11.5 Å². The van der Waals surface area contributed by atoms with Gasteiger partial charge >= 0.3 is 5.97 Å². The number of amides is 1. The zero-order valence-corrected chi connectivity index (χ0v) is 23.5. The molecule has 10 nitrogen and oxygen atoms in total. The van der Waals surface area contributed by atoms with Gasteiger partial charge in [-0.1, -0.05) is 35.6 Å². The molecule has 3 heterocycles. The minimum atomic E-state index is -0.827. The van der Waals surface area contributed by atoms with E-state index in [4.69, 9.17) is 14.2 Å². The van der Waals surface area contributed by atoms with Gasteiger partial charge in [-0.2, -0.15) is 10.1 Å². The van der Waals surface area contributed by atoms with Gasteiger partial charge in [-0.25, -0.2) is 9.79 Å². The first-order chi connectivity index (χ1) is 19.3. The number of ether oxygens (including phenoxy) is 3. The molecule has 40 heavy (non-hydrogen) atoms. The molecule has 0 saturated carbocycles. The lowest BCUT2D eigenvalue weighted by Crippen LogP contribution is -2.40. The Labute approximate surface area is 234 Å². The monoisotopic (exact) mass is 560 g/mol. The van der Waals surface area contributed by atoms with Gasteiger partial charge < -0.3 is 14.2 Å². The van der Waals surface area contributed by atoms with E-state index in [2.05, 4.69) is 10.1 Å². The molecule has 0 unspecified atom stereocenters. The van der Waals surface area contributed by atoms with Crippen molar-refractivity contribution in [2.45, 2.75) is 26.8 Å². The molecular weight excluding hydrogens is 532 g/mol. The molecule has 1 amide bonds. The van der Waals surface area contributed by atoms with Gasteiger partial charge in [0.15, 0.2) is 16.3 Å². The number of benzene rings is 2. The molecule has 1 aromatic heterocycles. The van der Waals surface area contributed by atoms with Gasteiger partial charge in [-0.15, -0.1) is 0 Å². The highest BCUT2D eigenvalue weighted by molar-refractivity contribution is 7.07. The number of carbonyl (C=O) groups is 2. The summed E-state index contributed by atoms with van der Waals surface area (Å²) in [6.07, 6.45) is 1.63. The molecule has 11 heteroatoms. The SMILES string of the molecule is CCOC(=O)C1=C(C)N=c2s/c(=C/[C@@H]3C(=O)N(c4ccccc4)N=C3C)c(=O)n2[C@@H]1c1ccc(OC)c(OC)c1. The Morgan fingerprint density at radius 1 is 1.05 bits per heavy atom. The Hall–Kier alpha value is -4.51. The van der Waals surface area contributed by atoms with Crippen LogP contribution >= 0.6 is 11.3 Å². The molecule has 3 aromatic rings. The summed E-state index contributed by atoms with van der Waals surface area (Å²) in [7, 11) is 3.05. The molecule has 5 rings (SSSR count). The van der Waals surface area contributed by atoms with E-state index in [1.54, 1.807) is 57.2 Å². The van der Waals surface area contributed by atoms with Crippen LogP contribution in [-0.4, -0.2) is 43.0 Å². The first-order valence-corrected chi connectivity index (χ1v) is 13.5. The van der Waals surface area contributed by atoms with E-state index in [1.165, 1.54) is 23.8 Å². The molecule has 0 bridgehead atoms. The van der Waals surface area contributed by atoms with E-state index in [0.29, 0.717) is 43.5 Å². The number of aromatic nitrogens is 1. The number of para-hydroxylation sites is 1. The summed E-state index contributed by atoms with van der Waals surface area (Å²) in [5, 5.41) is 5.79. The fraction of sp³-hybridized carbons (Fsp3) is 0.276. The zero-order valence-electron chi connectivity index (χ0n) is 22.7. The van der Waals surface area contributed by atoms with E-state index >= 15 is 0 Å². The van der Waals surface area contributed by atoms with Gasteiger partial charge in [-0.3, -0.25) is 14.2 Å². The molecule has 0 fully saturated rings. The van der Waals surface area contributed by atoms with Crippen LogP contribution < -0.4 is 29.4 Å². The second-order valence-electron chi connectivity index (χ2n) is 9.14. The number of hydrogen-bond acceptors (Lipinski definition) is 9. The summed E-state index contributed by atoms with van der Waals surface area (Å²) in [5.74, 6) is -0.578. The molecule has 0 N–H and O–H groups in total. The van der Waals surface area contributed by atoms with Crippen LogP contribution in [0.15, 0.2) is 74.7 Å². The summed E-state index contributed by atoms with van der Waals surface area (Å²) in [6, 6.07) is 13.5. The van der Waals surface area contributed by atoms with E-state index in [9.17, 15) is 14.4 Å². The quantitative estimate of drug-likeness (QED) is 0.411. The van der Waals surface area contributed by atoms with Crippen molar-refractivity contribution >= 4 is 40.7 Å². The molecule has 2 atom stereocenters. The molecule has 2 aliphatic rings. The van der Waals surface area contributed by atoms with Crippen molar-refractivity contribution in [1.29, 1.82) is 0 Å². The molecular formula is C29H28N4O6S. The van der Waals surface area contributed by atoms with Crippen LogP contribution in [0.3, 0.4) is 0 Å². The highest BCUT2D eigenvalue weighted by Crippen LogP contribution is 2.36. The topological polar surface area (TPSA) is 112 Å². The second kappa shape index (κ2) is 10.9. The number of hydrazone groups is 1. The van der Waals surface area contributed by atoms with Crippen LogP contribution in [0.2, 0.25) is 0 Å². The van der Waals surface area contributed by atoms with Gasteiger partial charge in [0, 0.05) is 0 Å². The number of allylic oxidation sites excluding steroid dienone is 1. The van der Waals surface area contributed by atoms with Crippen molar-refractivity contribution in [3.05, 3.63) is 85.1 Å². The number of methoxy groups -OCH3 is 2. The number of rotatable bonds is 7. The zero-order chi connectivity index (χ0) is 28.6. The standard InChI is InChI=1S/C29H28N4O6S/c1-6-39-28(36)24-17(3)30-29-32(25(24)18-12-13-21(37-4)22(14-18)38-5)27(35)23(40-29)15-20-16(2)31-33(26(20)34)19-10-8-7-9-11-19/h7-15,20,25H,6H2,1-5H3/b23-15+/t20-,25+/m0/s1. The number of fused-ring (bicyclic) bond motifs is 1. The lowest BCUT2D eigenvalue weighted by molar-refractivity contribution is -0.139. The third-order valence-electron chi connectivity index (χ3n) is 6.74. The number of hydrogen-bond donors (Lipinski definition) is 0. The predicted molar refractivity (Wildman–Crippen MR) is 151 cm³/mol. The summed E-state index contributed by atoms with van der Waals surface area (Å²) in [6.45, 7) is 5.36. The van der Waals surface area contributed by atoms with Gasteiger partial charge in [0.1, 0.15) is 5.92 Å². The number of carbonyl (C=O) groups excluding carboxylic acids is 2. The second-order valence-corrected chi connectivity index (χ2v) is 10.2. The Balaban J connectivity index is 1.65. The van der Waals surface area contributed by atoms with Crippen LogP contribution in [0.1, 0.15) is 32.4 Å². The average Bonchev–Trinajstić information content (AvgIpc) is 3.42. The fourth-order valence-electron chi connectivity index (χ4n) is 4.82. The minimum absolute atomic E-state index is 0.166. The number of nitrogens with zero attached hydrogens (tertiary/aromatic N) is 4. The Bertz CT molecular complexity index is 1740. The molecule has 2 aromatic carbocycles.